The molecule has 0 amide bonds. The highest BCUT2D eigenvalue weighted by Crippen LogP contribution is 2.10. The van der Waals surface area contributed by atoms with Crippen molar-refractivity contribution in [1.82, 2.24) is 0 Å². The van der Waals surface area contributed by atoms with Crippen LogP contribution in [0.2, 0.25) is 0 Å². The molecule has 0 aliphatic heterocycles. The lowest BCUT2D eigenvalue weighted by molar-refractivity contribution is -0.146. The van der Waals surface area contributed by atoms with Gasteiger partial charge < -0.3 is 9.47 Å². The third-order valence-electron chi connectivity index (χ3n) is 5.44. The summed E-state index contributed by atoms with van der Waals surface area (Å²) in [6.45, 7) is 5.47. The Morgan fingerprint density at radius 1 is 0.516 bits per heavy atom. The molecule has 4 nitrogen and oxygen atoms in total. The maximum absolute atomic E-state index is 11.7. The van der Waals surface area contributed by atoms with E-state index in [9.17, 15) is 9.59 Å². The molecule has 0 aliphatic rings. The highest BCUT2D eigenvalue weighted by Gasteiger charge is 2.06. The summed E-state index contributed by atoms with van der Waals surface area (Å²) in [5.41, 5.74) is 0. The van der Waals surface area contributed by atoms with Gasteiger partial charge in [-0.3, -0.25) is 9.59 Å². The fourth-order valence-electron chi connectivity index (χ4n) is 3.42. The van der Waals surface area contributed by atoms with Gasteiger partial charge >= 0.3 is 11.9 Å². The van der Waals surface area contributed by atoms with Gasteiger partial charge in [-0.2, -0.15) is 0 Å². The third kappa shape index (κ3) is 24.8. The summed E-state index contributed by atoms with van der Waals surface area (Å²) in [5, 5.41) is 0. The second kappa shape index (κ2) is 24.9. The van der Waals surface area contributed by atoms with Crippen molar-refractivity contribution in [3.05, 3.63) is 12.2 Å². The van der Waals surface area contributed by atoms with Gasteiger partial charge in [0.05, 0.1) is 13.2 Å². The summed E-state index contributed by atoms with van der Waals surface area (Å²) >= 11 is 0. The van der Waals surface area contributed by atoms with Crippen LogP contribution in [0.1, 0.15) is 136 Å². The second-order valence-electron chi connectivity index (χ2n) is 8.59. The van der Waals surface area contributed by atoms with E-state index in [4.69, 9.17) is 9.47 Å². The van der Waals surface area contributed by atoms with Crippen molar-refractivity contribution >= 4 is 11.9 Å². The second-order valence-corrected chi connectivity index (χ2v) is 8.59. The molecule has 0 N–H and O–H groups in total. The van der Waals surface area contributed by atoms with Gasteiger partial charge in [-0.25, -0.2) is 0 Å². The summed E-state index contributed by atoms with van der Waals surface area (Å²) in [7, 11) is 0. The number of esters is 2. The lowest BCUT2D eigenvalue weighted by Crippen LogP contribution is -2.08. The van der Waals surface area contributed by atoms with Crippen LogP contribution in [0.5, 0.6) is 0 Å². The fourth-order valence-corrected chi connectivity index (χ4v) is 3.42. The summed E-state index contributed by atoms with van der Waals surface area (Å²) in [4.78, 5) is 23.4. The molecule has 0 heterocycles. The number of allylic oxidation sites excluding steroid dienone is 2. The molecule has 0 saturated carbocycles. The molecule has 0 radical (unpaired) electrons. The van der Waals surface area contributed by atoms with E-state index in [1.807, 2.05) is 0 Å². The molecule has 31 heavy (non-hydrogen) atoms. The van der Waals surface area contributed by atoms with Crippen LogP contribution in [0.4, 0.5) is 0 Å². The number of unbranched alkanes of at least 4 members (excludes halogenated alkanes) is 13. The number of carbonyl (C=O) groups is 2. The van der Waals surface area contributed by atoms with Crippen molar-refractivity contribution in [2.75, 3.05) is 13.2 Å². The largest absolute Gasteiger partial charge is 0.466 e. The first-order valence-corrected chi connectivity index (χ1v) is 13.2. The molecule has 0 unspecified atom stereocenters. The molecule has 0 aromatic rings. The lowest BCUT2D eigenvalue weighted by Gasteiger charge is -2.06. The van der Waals surface area contributed by atoms with E-state index in [1.165, 1.54) is 64.2 Å². The number of carbonyl (C=O) groups excluding carboxylic acids is 2. The van der Waals surface area contributed by atoms with Crippen LogP contribution in [0.15, 0.2) is 12.2 Å². The Labute approximate surface area is 192 Å². The zero-order valence-electron chi connectivity index (χ0n) is 20.6. The molecule has 0 spiro atoms. The lowest BCUT2D eigenvalue weighted by atomic mass is 10.1. The molecule has 0 fully saturated rings. The summed E-state index contributed by atoms with van der Waals surface area (Å²) < 4.78 is 10.5. The Morgan fingerprint density at radius 3 is 1.48 bits per heavy atom. The van der Waals surface area contributed by atoms with E-state index in [1.54, 1.807) is 0 Å². The molecule has 0 aliphatic carbocycles. The van der Waals surface area contributed by atoms with Crippen LogP contribution in [0.3, 0.4) is 0 Å². The minimum absolute atomic E-state index is 0.140. The first-order valence-electron chi connectivity index (χ1n) is 13.2. The monoisotopic (exact) mass is 438 g/mol. The van der Waals surface area contributed by atoms with E-state index >= 15 is 0 Å². The van der Waals surface area contributed by atoms with Crippen molar-refractivity contribution < 1.29 is 19.1 Å². The maximum Gasteiger partial charge on any atom is 0.305 e. The molecule has 0 aromatic carbocycles. The van der Waals surface area contributed by atoms with Crippen molar-refractivity contribution in [2.45, 2.75) is 136 Å². The first kappa shape index (κ1) is 29.7. The van der Waals surface area contributed by atoms with Gasteiger partial charge in [-0.1, -0.05) is 90.2 Å². The van der Waals surface area contributed by atoms with Gasteiger partial charge in [0, 0.05) is 12.8 Å². The van der Waals surface area contributed by atoms with E-state index < -0.39 is 0 Å². The Bertz CT molecular complexity index is 431. The number of hydrogen-bond acceptors (Lipinski definition) is 4. The normalized spacial score (nSPS) is 11.2. The average molecular weight is 439 g/mol. The van der Waals surface area contributed by atoms with Gasteiger partial charge in [0.1, 0.15) is 0 Å². The van der Waals surface area contributed by atoms with Crippen LogP contribution in [-0.4, -0.2) is 25.2 Å². The highest BCUT2D eigenvalue weighted by atomic mass is 16.5. The smallest absolute Gasteiger partial charge is 0.305 e. The fraction of sp³-hybridized carbons (Fsp3) is 0.852. The van der Waals surface area contributed by atoms with Gasteiger partial charge in [0.25, 0.3) is 0 Å². The zero-order chi connectivity index (χ0) is 22.8. The van der Waals surface area contributed by atoms with Crippen molar-refractivity contribution in [1.29, 1.82) is 0 Å². The Kier molecular flexibility index (Phi) is 23.9. The average Bonchev–Trinajstić information content (AvgIpc) is 2.77. The molecule has 182 valence electrons. The molecule has 4 heteroatoms. The maximum atomic E-state index is 11.7. The Hall–Kier alpha value is -1.32. The van der Waals surface area contributed by atoms with Crippen molar-refractivity contribution in [3.8, 4) is 0 Å². The summed E-state index contributed by atoms with van der Waals surface area (Å²) in [5.74, 6) is -0.298. The van der Waals surface area contributed by atoms with Crippen LogP contribution in [0, 0.1) is 0 Å². The van der Waals surface area contributed by atoms with E-state index in [2.05, 4.69) is 26.0 Å². The molecule has 0 saturated heterocycles. The standard InChI is InChI=1S/C27H50O4/c1-3-5-7-9-11-13-15-17-21-25-31-27(29)23-19-18-22-26(28)30-24-20-16-14-12-10-8-6-4-2/h12,14H,3-11,13,15-25H2,1-2H3/b14-12+. The Balaban J connectivity index is 3.34. The van der Waals surface area contributed by atoms with E-state index in [-0.39, 0.29) is 11.9 Å². The van der Waals surface area contributed by atoms with Gasteiger partial charge in [0.15, 0.2) is 0 Å². The van der Waals surface area contributed by atoms with Crippen LogP contribution in [-0.2, 0) is 19.1 Å². The molecular formula is C27H50O4. The Morgan fingerprint density at radius 2 is 0.935 bits per heavy atom. The van der Waals surface area contributed by atoms with Crippen LogP contribution in [0.25, 0.3) is 0 Å². The van der Waals surface area contributed by atoms with Gasteiger partial charge in [-0.05, 0) is 44.9 Å². The summed E-state index contributed by atoms with van der Waals surface area (Å²) in [6, 6.07) is 0. The topological polar surface area (TPSA) is 52.6 Å². The predicted octanol–water partition coefficient (Wildman–Crippen LogP) is 8.08. The van der Waals surface area contributed by atoms with E-state index in [0.29, 0.717) is 38.9 Å². The van der Waals surface area contributed by atoms with Crippen LogP contribution < -0.4 is 0 Å². The van der Waals surface area contributed by atoms with Crippen molar-refractivity contribution in [2.24, 2.45) is 0 Å². The molecular weight excluding hydrogens is 388 g/mol. The molecule has 0 bridgehead atoms. The molecule has 0 rings (SSSR count). The SMILES string of the molecule is CCCCC/C=C/CCCOC(=O)CCCCC(=O)OCCCCCCCCCCC. The molecule has 0 atom stereocenters. The van der Waals surface area contributed by atoms with Crippen molar-refractivity contribution in [3.63, 3.8) is 0 Å². The third-order valence-corrected chi connectivity index (χ3v) is 5.44. The predicted molar refractivity (Wildman–Crippen MR) is 130 cm³/mol. The first-order chi connectivity index (χ1) is 15.2. The minimum atomic E-state index is -0.157. The van der Waals surface area contributed by atoms with Gasteiger partial charge in [-0.15, -0.1) is 0 Å². The zero-order valence-corrected chi connectivity index (χ0v) is 20.6. The highest BCUT2D eigenvalue weighted by molar-refractivity contribution is 5.70. The number of rotatable bonds is 23. The molecule has 0 aromatic heterocycles. The van der Waals surface area contributed by atoms with Gasteiger partial charge in [0.2, 0.25) is 0 Å². The quantitative estimate of drug-likeness (QED) is 0.0919. The number of hydrogen-bond donors (Lipinski definition) is 0. The summed E-state index contributed by atoms with van der Waals surface area (Å²) in [6.07, 6.45) is 24.7. The van der Waals surface area contributed by atoms with Crippen LogP contribution >= 0.6 is 0 Å². The number of ether oxygens (including phenoxy) is 2. The van der Waals surface area contributed by atoms with E-state index in [0.717, 1.165) is 32.1 Å². The minimum Gasteiger partial charge on any atom is -0.466 e.